The Labute approximate surface area is 226 Å². The summed E-state index contributed by atoms with van der Waals surface area (Å²) in [5.74, 6) is 0.942. The molecule has 0 fully saturated rings. The molecule has 8 heteroatoms. The number of carbonyl (C=O) groups excluding carboxylic acids is 2. The van der Waals surface area contributed by atoms with Gasteiger partial charge < -0.3 is 24.4 Å². The lowest BCUT2D eigenvalue weighted by Gasteiger charge is -2.15. The first kappa shape index (κ1) is 28.1. The summed E-state index contributed by atoms with van der Waals surface area (Å²) in [5, 5.41) is 3.77. The van der Waals surface area contributed by atoms with Gasteiger partial charge in [0.25, 0.3) is 0 Å². The van der Waals surface area contributed by atoms with Gasteiger partial charge in [-0.15, -0.1) is 0 Å². The Bertz CT molecular complexity index is 1250. The Balaban J connectivity index is 0.000000262. The molecule has 37 heavy (non-hydrogen) atoms. The van der Waals surface area contributed by atoms with Gasteiger partial charge in [0.05, 0.1) is 19.8 Å². The first-order valence-corrected chi connectivity index (χ1v) is 13.0. The molecule has 3 aromatic rings. The lowest BCUT2D eigenvalue weighted by Crippen LogP contribution is -2.27. The number of benzene rings is 3. The van der Waals surface area contributed by atoms with E-state index in [1.165, 1.54) is 12.7 Å². The summed E-state index contributed by atoms with van der Waals surface area (Å²) in [7, 11) is 4.85. The quantitative estimate of drug-likeness (QED) is 0.207. The molecule has 0 aromatic heterocycles. The van der Waals surface area contributed by atoms with Crippen molar-refractivity contribution in [3.8, 4) is 11.5 Å². The standard InChI is InChI=1S/C19H22BrNO4.C10H11NO/c1-12-5-17(23-3)18(9-16(12)21-2)25-11-14-6-13(10-20)7-15(8-14)19(22)24-4;1-8-6-9-4-2-3-5-10(9)11(8)7-12/h5-9,21H,10-11H2,1-4H3;2-5,7-8H,6H2,1H3/t;8-/m.1/s1. The fourth-order valence-electron chi connectivity index (χ4n) is 4.27. The van der Waals surface area contributed by atoms with Crippen LogP contribution in [0.5, 0.6) is 11.5 Å². The molecule has 0 saturated carbocycles. The van der Waals surface area contributed by atoms with Crippen molar-refractivity contribution in [2.24, 2.45) is 0 Å². The van der Waals surface area contributed by atoms with E-state index < -0.39 is 0 Å². The molecule has 0 radical (unpaired) electrons. The van der Waals surface area contributed by atoms with Crippen molar-refractivity contribution in [1.29, 1.82) is 0 Å². The van der Waals surface area contributed by atoms with E-state index in [-0.39, 0.29) is 5.97 Å². The molecule has 1 aliphatic heterocycles. The molecule has 1 atom stereocenters. The molecule has 1 amide bonds. The molecule has 4 rings (SSSR count). The molecule has 1 heterocycles. The molecule has 0 bridgehead atoms. The highest BCUT2D eigenvalue weighted by Gasteiger charge is 2.24. The Morgan fingerprint density at radius 2 is 1.84 bits per heavy atom. The number of alkyl halides is 1. The van der Waals surface area contributed by atoms with E-state index in [1.54, 1.807) is 24.1 Å². The number of hydrogen-bond acceptors (Lipinski definition) is 6. The van der Waals surface area contributed by atoms with Gasteiger partial charge in [0.1, 0.15) is 6.61 Å². The maximum Gasteiger partial charge on any atom is 0.337 e. The Hall–Kier alpha value is -3.52. The van der Waals surface area contributed by atoms with Crippen LogP contribution in [0, 0.1) is 6.92 Å². The van der Waals surface area contributed by atoms with Gasteiger partial charge in [-0.05, 0) is 66.8 Å². The maximum absolute atomic E-state index is 11.8. The van der Waals surface area contributed by atoms with Crippen LogP contribution >= 0.6 is 15.9 Å². The van der Waals surface area contributed by atoms with Crippen molar-refractivity contribution in [3.05, 3.63) is 82.4 Å². The number of hydrogen-bond donors (Lipinski definition) is 1. The number of amides is 1. The van der Waals surface area contributed by atoms with Gasteiger partial charge >= 0.3 is 5.97 Å². The fraction of sp³-hybridized carbons (Fsp3) is 0.310. The van der Waals surface area contributed by atoms with Crippen LogP contribution in [-0.2, 0) is 27.9 Å². The molecule has 0 aliphatic carbocycles. The minimum Gasteiger partial charge on any atom is -0.493 e. The first-order valence-electron chi connectivity index (χ1n) is 11.9. The molecule has 3 aromatic carbocycles. The summed E-state index contributed by atoms with van der Waals surface area (Å²) in [4.78, 5) is 24.3. The average molecular weight is 569 g/mol. The average Bonchev–Trinajstić information content (AvgIpc) is 3.26. The van der Waals surface area contributed by atoms with Gasteiger partial charge in [-0.2, -0.15) is 0 Å². The summed E-state index contributed by atoms with van der Waals surface area (Å²) in [5.41, 5.74) is 6.75. The molecule has 0 unspecified atom stereocenters. The van der Waals surface area contributed by atoms with Crippen LogP contribution in [-0.4, -0.2) is 39.7 Å². The first-order chi connectivity index (χ1) is 17.8. The second-order valence-corrected chi connectivity index (χ2v) is 9.28. The summed E-state index contributed by atoms with van der Waals surface area (Å²) in [6.45, 7) is 4.38. The van der Waals surface area contributed by atoms with Gasteiger partial charge in [-0.1, -0.05) is 40.2 Å². The number of esters is 1. The molecule has 0 saturated heterocycles. The van der Waals surface area contributed by atoms with Gasteiger partial charge in [0, 0.05) is 35.9 Å². The van der Waals surface area contributed by atoms with Crippen molar-refractivity contribution < 1.29 is 23.8 Å². The predicted octanol–water partition coefficient (Wildman–Crippen LogP) is 5.90. The van der Waals surface area contributed by atoms with Crippen molar-refractivity contribution in [2.75, 3.05) is 31.5 Å². The molecule has 196 valence electrons. The van der Waals surface area contributed by atoms with Crippen molar-refractivity contribution in [2.45, 2.75) is 38.2 Å². The number of nitrogens with zero attached hydrogens (tertiary/aromatic N) is 1. The zero-order valence-electron chi connectivity index (χ0n) is 21.8. The number of anilines is 2. The van der Waals surface area contributed by atoms with Crippen molar-refractivity contribution in [3.63, 3.8) is 0 Å². The number of fused-ring (bicyclic) bond motifs is 1. The summed E-state index contributed by atoms with van der Waals surface area (Å²) in [6, 6.07) is 17.8. The Morgan fingerprint density at radius 3 is 2.49 bits per heavy atom. The highest BCUT2D eigenvalue weighted by atomic mass is 79.9. The lowest BCUT2D eigenvalue weighted by atomic mass is 10.1. The smallest absolute Gasteiger partial charge is 0.337 e. The lowest BCUT2D eigenvalue weighted by molar-refractivity contribution is -0.107. The number of ether oxygens (including phenoxy) is 3. The normalized spacial score (nSPS) is 13.7. The van der Waals surface area contributed by atoms with Crippen LogP contribution in [0.1, 0.15) is 39.5 Å². The summed E-state index contributed by atoms with van der Waals surface area (Å²) < 4.78 is 16.2. The van der Waals surface area contributed by atoms with E-state index in [0.717, 1.165) is 40.9 Å². The number of rotatable bonds is 8. The van der Waals surface area contributed by atoms with Crippen LogP contribution in [0.15, 0.2) is 54.6 Å². The third-order valence-electron chi connectivity index (χ3n) is 6.18. The molecule has 1 N–H and O–H groups in total. The predicted molar refractivity (Wildman–Crippen MR) is 150 cm³/mol. The topological polar surface area (TPSA) is 77.1 Å². The van der Waals surface area contributed by atoms with E-state index >= 15 is 0 Å². The Morgan fingerprint density at radius 1 is 1.11 bits per heavy atom. The number of nitrogens with one attached hydrogen (secondary N) is 1. The van der Waals surface area contributed by atoms with Crippen LogP contribution < -0.4 is 19.7 Å². The molecular formula is C29H33BrN2O5. The molecule has 7 nitrogen and oxygen atoms in total. The highest BCUT2D eigenvalue weighted by Crippen LogP contribution is 2.34. The minimum absolute atomic E-state index is 0.313. The van der Waals surface area contributed by atoms with Crippen molar-refractivity contribution in [1.82, 2.24) is 0 Å². The molecule has 1 aliphatic rings. The van der Waals surface area contributed by atoms with Crippen LogP contribution in [0.4, 0.5) is 11.4 Å². The van der Waals surface area contributed by atoms with Gasteiger partial charge in [0.2, 0.25) is 6.41 Å². The van der Waals surface area contributed by atoms with E-state index in [4.69, 9.17) is 14.2 Å². The van der Waals surface area contributed by atoms with E-state index in [9.17, 15) is 9.59 Å². The van der Waals surface area contributed by atoms with Crippen LogP contribution in [0.2, 0.25) is 0 Å². The summed E-state index contributed by atoms with van der Waals surface area (Å²) >= 11 is 3.42. The Kier molecular flexibility index (Phi) is 9.97. The summed E-state index contributed by atoms with van der Waals surface area (Å²) in [6.07, 6.45) is 1.89. The second-order valence-electron chi connectivity index (χ2n) is 8.71. The van der Waals surface area contributed by atoms with Crippen molar-refractivity contribution >= 4 is 39.7 Å². The second kappa shape index (κ2) is 13.1. The number of carbonyl (C=O) groups is 2. The highest BCUT2D eigenvalue weighted by molar-refractivity contribution is 9.08. The van der Waals surface area contributed by atoms with E-state index in [0.29, 0.717) is 35.0 Å². The monoisotopic (exact) mass is 568 g/mol. The number of halogens is 1. The van der Waals surface area contributed by atoms with Crippen LogP contribution in [0.25, 0.3) is 0 Å². The van der Waals surface area contributed by atoms with Gasteiger partial charge in [-0.3, -0.25) is 4.79 Å². The molecule has 0 spiro atoms. The third kappa shape index (κ3) is 6.83. The largest absolute Gasteiger partial charge is 0.493 e. The number of methoxy groups -OCH3 is 2. The van der Waals surface area contributed by atoms with Crippen LogP contribution in [0.3, 0.4) is 0 Å². The van der Waals surface area contributed by atoms with Gasteiger partial charge in [-0.25, -0.2) is 4.79 Å². The number of para-hydroxylation sites is 1. The third-order valence-corrected chi connectivity index (χ3v) is 6.82. The SMILES string of the molecule is CNc1cc(OCc2cc(CBr)cc(C(=O)OC)c2)c(OC)cc1C.C[C@@H]1Cc2ccccc2N1C=O. The zero-order chi connectivity index (χ0) is 26.9. The maximum atomic E-state index is 11.8. The minimum atomic E-state index is -0.366. The van der Waals surface area contributed by atoms with E-state index in [2.05, 4.69) is 34.2 Å². The fourth-order valence-corrected chi connectivity index (χ4v) is 4.60. The van der Waals surface area contributed by atoms with E-state index in [1.807, 2.05) is 50.4 Å². The van der Waals surface area contributed by atoms with Gasteiger partial charge in [0.15, 0.2) is 11.5 Å². The zero-order valence-corrected chi connectivity index (χ0v) is 23.4. The molecular weight excluding hydrogens is 536 g/mol. The number of aryl methyl sites for hydroxylation is 1.